The van der Waals surface area contributed by atoms with E-state index in [4.69, 9.17) is 10.5 Å². The van der Waals surface area contributed by atoms with Gasteiger partial charge in [0.15, 0.2) is 0 Å². The summed E-state index contributed by atoms with van der Waals surface area (Å²) in [6.07, 6.45) is 3.69. The Bertz CT molecular complexity index is 880. The fraction of sp³-hybridized carbons (Fsp3) is 0.250. The number of benzene rings is 1. The van der Waals surface area contributed by atoms with Crippen LogP contribution in [0.3, 0.4) is 0 Å². The number of amides is 1. The summed E-state index contributed by atoms with van der Waals surface area (Å²) in [5.41, 5.74) is 7.24. The number of nitrogens with two attached hydrogens (primary N) is 1. The molecule has 27 heavy (non-hydrogen) atoms. The van der Waals surface area contributed by atoms with Crippen LogP contribution in [0, 0.1) is 0 Å². The summed E-state index contributed by atoms with van der Waals surface area (Å²) >= 11 is 0. The van der Waals surface area contributed by atoms with E-state index in [0.29, 0.717) is 31.9 Å². The third-order valence-electron chi connectivity index (χ3n) is 4.03. The monoisotopic (exact) mass is 366 g/mol. The maximum absolute atomic E-state index is 11.0. The van der Waals surface area contributed by atoms with Crippen LogP contribution in [0.15, 0.2) is 61.1 Å². The summed E-state index contributed by atoms with van der Waals surface area (Å²) in [5, 5.41) is 10.1. The number of aromatic nitrogens is 3. The third kappa shape index (κ3) is 5.39. The molecule has 0 aliphatic heterocycles. The highest BCUT2D eigenvalue weighted by Gasteiger charge is 2.09. The van der Waals surface area contributed by atoms with Gasteiger partial charge in [-0.2, -0.15) is 0 Å². The van der Waals surface area contributed by atoms with Crippen molar-refractivity contribution in [3.63, 3.8) is 0 Å². The van der Waals surface area contributed by atoms with Crippen LogP contribution in [0.5, 0.6) is 5.88 Å². The molecule has 1 amide bonds. The first kappa shape index (κ1) is 18.6. The first-order chi connectivity index (χ1) is 13.1. The highest BCUT2D eigenvalue weighted by molar-refractivity contribution is 5.90. The molecule has 1 atom stereocenters. The van der Waals surface area contributed by atoms with Crippen molar-refractivity contribution in [3.05, 3.63) is 66.7 Å². The molecule has 2 heterocycles. The standard InChI is InChI=1S/C20H22N4O3/c21-20(26)18-13-24(14-22-18)12-16(25)8-5-11-27-19-10-4-9-17(23-19)15-6-2-1-3-7-15/h1-4,6-7,9-10,13-14,16,25H,5,8,11-12H2,(H2,21,26)/t16-/m0/s1. The van der Waals surface area contributed by atoms with Crippen molar-refractivity contribution in [2.75, 3.05) is 6.61 Å². The zero-order valence-electron chi connectivity index (χ0n) is 14.9. The number of nitrogens with zero attached hydrogens (tertiary/aromatic N) is 3. The lowest BCUT2D eigenvalue weighted by Crippen LogP contribution is -2.16. The lowest BCUT2D eigenvalue weighted by atomic mass is 10.1. The summed E-state index contributed by atoms with van der Waals surface area (Å²) in [6, 6.07) is 15.6. The highest BCUT2D eigenvalue weighted by Crippen LogP contribution is 2.19. The van der Waals surface area contributed by atoms with Crippen LogP contribution in [0.25, 0.3) is 11.3 Å². The molecule has 2 aromatic heterocycles. The highest BCUT2D eigenvalue weighted by atomic mass is 16.5. The topological polar surface area (TPSA) is 103 Å². The van der Waals surface area contributed by atoms with Crippen LogP contribution >= 0.6 is 0 Å². The fourth-order valence-electron chi connectivity index (χ4n) is 2.68. The molecule has 7 heteroatoms. The van der Waals surface area contributed by atoms with Gasteiger partial charge in [0.25, 0.3) is 5.91 Å². The quantitative estimate of drug-likeness (QED) is 0.566. The number of imidazole rings is 1. The molecule has 0 aliphatic rings. The van der Waals surface area contributed by atoms with Gasteiger partial charge >= 0.3 is 0 Å². The lowest BCUT2D eigenvalue weighted by Gasteiger charge is -2.12. The van der Waals surface area contributed by atoms with Crippen molar-refractivity contribution in [2.45, 2.75) is 25.5 Å². The molecular weight excluding hydrogens is 344 g/mol. The van der Waals surface area contributed by atoms with E-state index < -0.39 is 12.0 Å². The Balaban J connectivity index is 1.44. The Labute approximate surface area is 157 Å². The summed E-state index contributed by atoms with van der Waals surface area (Å²) in [5.74, 6) is -0.0200. The second-order valence-electron chi connectivity index (χ2n) is 6.19. The summed E-state index contributed by atoms with van der Waals surface area (Å²) < 4.78 is 7.35. The number of aliphatic hydroxyl groups is 1. The number of aliphatic hydroxyl groups excluding tert-OH is 1. The van der Waals surface area contributed by atoms with E-state index in [0.717, 1.165) is 11.3 Å². The van der Waals surface area contributed by atoms with Gasteiger partial charge in [-0.15, -0.1) is 0 Å². The van der Waals surface area contributed by atoms with Crippen LogP contribution in [0.4, 0.5) is 0 Å². The van der Waals surface area contributed by atoms with E-state index in [2.05, 4.69) is 9.97 Å². The number of hydrogen-bond donors (Lipinski definition) is 2. The Kier molecular flexibility index (Phi) is 6.17. The maximum Gasteiger partial charge on any atom is 0.268 e. The molecule has 3 rings (SSSR count). The number of primary amides is 1. The predicted molar refractivity (Wildman–Crippen MR) is 101 cm³/mol. The Morgan fingerprint density at radius 1 is 1.19 bits per heavy atom. The minimum absolute atomic E-state index is 0.190. The third-order valence-corrected chi connectivity index (χ3v) is 4.03. The van der Waals surface area contributed by atoms with Gasteiger partial charge in [0, 0.05) is 24.4 Å². The molecule has 1 aromatic carbocycles. The van der Waals surface area contributed by atoms with E-state index in [-0.39, 0.29) is 5.69 Å². The number of rotatable bonds is 9. The first-order valence-corrected chi connectivity index (χ1v) is 8.77. The van der Waals surface area contributed by atoms with Crippen molar-refractivity contribution in [1.82, 2.24) is 14.5 Å². The van der Waals surface area contributed by atoms with E-state index >= 15 is 0 Å². The van der Waals surface area contributed by atoms with Crippen molar-refractivity contribution >= 4 is 5.91 Å². The number of carbonyl (C=O) groups excluding carboxylic acids is 1. The normalized spacial score (nSPS) is 11.9. The molecule has 0 saturated heterocycles. The molecule has 0 bridgehead atoms. The van der Waals surface area contributed by atoms with Gasteiger partial charge in [-0.3, -0.25) is 4.79 Å². The number of carbonyl (C=O) groups is 1. The molecule has 3 N–H and O–H groups in total. The van der Waals surface area contributed by atoms with Gasteiger partial charge < -0.3 is 20.1 Å². The van der Waals surface area contributed by atoms with Gasteiger partial charge in [0.2, 0.25) is 5.88 Å². The molecule has 0 spiro atoms. The molecule has 3 aromatic rings. The molecule has 0 radical (unpaired) electrons. The average molecular weight is 366 g/mol. The Hall–Kier alpha value is -3.19. The Morgan fingerprint density at radius 3 is 2.74 bits per heavy atom. The van der Waals surface area contributed by atoms with Crippen LogP contribution in [-0.4, -0.2) is 38.3 Å². The van der Waals surface area contributed by atoms with Crippen molar-refractivity contribution in [3.8, 4) is 17.1 Å². The second-order valence-corrected chi connectivity index (χ2v) is 6.19. The summed E-state index contributed by atoms with van der Waals surface area (Å²) in [7, 11) is 0. The van der Waals surface area contributed by atoms with Crippen LogP contribution in [0.1, 0.15) is 23.3 Å². The van der Waals surface area contributed by atoms with E-state index in [1.165, 1.54) is 12.5 Å². The van der Waals surface area contributed by atoms with Gasteiger partial charge in [0.05, 0.1) is 24.7 Å². The number of ether oxygens (including phenoxy) is 1. The van der Waals surface area contributed by atoms with E-state index in [1.807, 2.05) is 48.5 Å². The zero-order valence-corrected chi connectivity index (χ0v) is 14.9. The molecule has 7 nitrogen and oxygen atoms in total. The minimum Gasteiger partial charge on any atom is -0.478 e. The van der Waals surface area contributed by atoms with Gasteiger partial charge in [0.1, 0.15) is 5.69 Å². The zero-order chi connectivity index (χ0) is 19.1. The second kappa shape index (κ2) is 8.95. The van der Waals surface area contributed by atoms with Crippen LogP contribution in [0.2, 0.25) is 0 Å². The van der Waals surface area contributed by atoms with Gasteiger partial charge in [-0.05, 0) is 18.9 Å². The number of pyridine rings is 1. The average Bonchev–Trinajstić information content (AvgIpc) is 3.15. The maximum atomic E-state index is 11.0. The fourth-order valence-corrected chi connectivity index (χ4v) is 2.68. The van der Waals surface area contributed by atoms with E-state index in [1.54, 1.807) is 4.57 Å². The smallest absolute Gasteiger partial charge is 0.268 e. The van der Waals surface area contributed by atoms with Gasteiger partial charge in [-0.25, -0.2) is 9.97 Å². The SMILES string of the molecule is NC(=O)c1cn(C[C@@H](O)CCCOc2cccc(-c3ccccc3)n2)cn1. The van der Waals surface area contributed by atoms with Crippen LogP contribution < -0.4 is 10.5 Å². The van der Waals surface area contributed by atoms with Crippen molar-refractivity contribution < 1.29 is 14.6 Å². The Morgan fingerprint density at radius 2 is 2.00 bits per heavy atom. The lowest BCUT2D eigenvalue weighted by molar-refractivity contribution is 0.0995. The molecular formula is C20H22N4O3. The largest absolute Gasteiger partial charge is 0.478 e. The molecule has 0 unspecified atom stereocenters. The van der Waals surface area contributed by atoms with E-state index in [9.17, 15) is 9.90 Å². The van der Waals surface area contributed by atoms with Gasteiger partial charge in [-0.1, -0.05) is 36.4 Å². The minimum atomic E-state index is -0.582. The predicted octanol–water partition coefficient (Wildman–Crippen LogP) is 2.26. The molecule has 0 fully saturated rings. The molecule has 140 valence electrons. The molecule has 0 aliphatic carbocycles. The first-order valence-electron chi connectivity index (χ1n) is 8.77. The van der Waals surface area contributed by atoms with Crippen molar-refractivity contribution in [2.24, 2.45) is 5.73 Å². The van der Waals surface area contributed by atoms with Crippen LogP contribution in [-0.2, 0) is 6.54 Å². The molecule has 0 saturated carbocycles. The summed E-state index contributed by atoms with van der Waals surface area (Å²) in [6.45, 7) is 0.806. The van der Waals surface area contributed by atoms with Crippen molar-refractivity contribution in [1.29, 1.82) is 0 Å². The summed E-state index contributed by atoms with van der Waals surface area (Å²) in [4.78, 5) is 19.4. The number of hydrogen-bond acceptors (Lipinski definition) is 5.